The summed E-state index contributed by atoms with van der Waals surface area (Å²) in [7, 11) is 0. The van der Waals surface area contributed by atoms with Crippen LogP contribution < -0.4 is 5.73 Å². The maximum atomic E-state index is 14.0. The summed E-state index contributed by atoms with van der Waals surface area (Å²) in [6.45, 7) is 0.192. The van der Waals surface area contributed by atoms with E-state index in [2.05, 4.69) is 0 Å². The summed E-state index contributed by atoms with van der Waals surface area (Å²) in [5.41, 5.74) is 8.10. The zero-order chi connectivity index (χ0) is 25.1. The van der Waals surface area contributed by atoms with Crippen LogP contribution in [-0.2, 0) is 23.3 Å². The first-order valence-electron chi connectivity index (χ1n) is 11.6. The van der Waals surface area contributed by atoms with Crippen molar-refractivity contribution in [3.8, 4) is 0 Å². The third kappa shape index (κ3) is 4.18. The van der Waals surface area contributed by atoms with Gasteiger partial charge in [0.15, 0.2) is 17.3 Å². The minimum atomic E-state index is -1.27. The molecule has 36 heavy (non-hydrogen) atoms. The Labute approximate surface area is 208 Å². The van der Waals surface area contributed by atoms with E-state index in [0.717, 1.165) is 22.3 Å². The molecule has 1 heterocycles. The number of Topliss-reactive ketones (excluding diaryl/α,β-unsaturated/α-hetero) is 1. The smallest absolute Gasteiger partial charge is 0.266 e. The van der Waals surface area contributed by atoms with Gasteiger partial charge in [-0.2, -0.15) is 0 Å². The second-order valence-corrected chi connectivity index (χ2v) is 8.70. The van der Waals surface area contributed by atoms with Crippen molar-refractivity contribution >= 4 is 17.6 Å². The molecule has 1 aliphatic rings. The SMILES string of the molecule is NC1=NC(c2ccccc2)(c2ccccc2)C(=O)N1Cc1cccc(CC(=O)c2ccccc2F)c1. The second-order valence-electron chi connectivity index (χ2n) is 8.70. The van der Waals surface area contributed by atoms with Crippen LogP contribution in [0.2, 0.25) is 0 Å². The predicted molar refractivity (Wildman–Crippen MR) is 137 cm³/mol. The largest absolute Gasteiger partial charge is 0.369 e. The van der Waals surface area contributed by atoms with Crippen molar-refractivity contribution < 1.29 is 14.0 Å². The summed E-state index contributed by atoms with van der Waals surface area (Å²) in [4.78, 5) is 32.8. The molecule has 0 spiro atoms. The maximum Gasteiger partial charge on any atom is 0.266 e. The molecule has 0 bridgehead atoms. The van der Waals surface area contributed by atoms with Gasteiger partial charge >= 0.3 is 0 Å². The first kappa shape index (κ1) is 23.2. The highest BCUT2D eigenvalue weighted by Crippen LogP contribution is 2.40. The number of hydrogen-bond acceptors (Lipinski definition) is 4. The Hall–Kier alpha value is -4.58. The predicted octanol–water partition coefficient (Wildman–Crippen LogP) is 4.85. The van der Waals surface area contributed by atoms with E-state index in [1.54, 1.807) is 12.1 Å². The maximum absolute atomic E-state index is 14.0. The van der Waals surface area contributed by atoms with Crippen LogP contribution in [0.4, 0.5) is 4.39 Å². The lowest BCUT2D eigenvalue weighted by molar-refractivity contribution is -0.130. The number of hydrogen-bond donors (Lipinski definition) is 1. The molecule has 4 aromatic rings. The lowest BCUT2D eigenvalue weighted by Crippen LogP contribution is -2.43. The summed E-state index contributed by atoms with van der Waals surface area (Å²) in [6.07, 6.45) is 0.0459. The van der Waals surface area contributed by atoms with Crippen LogP contribution in [0.15, 0.2) is 114 Å². The Balaban J connectivity index is 1.43. The molecule has 4 aromatic carbocycles. The third-order valence-electron chi connectivity index (χ3n) is 6.37. The Kier molecular flexibility index (Phi) is 6.17. The number of amides is 1. The van der Waals surface area contributed by atoms with Crippen LogP contribution >= 0.6 is 0 Å². The molecule has 0 unspecified atom stereocenters. The van der Waals surface area contributed by atoms with Crippen molar-refractivity contribution in [2.75, 3.05) is 0 Å². The fourth-order valence-corrected chi connectivity index (χ4v) is 4.62. The van der Waals surface area contributed by atoms with Crippen LogP contribution in [0.25, 0.3) is 0 Å². The molecule has 0 saturated heterocycles. The van der Waals surface area contributed by atoms with E-state index in [-0.39, 0.29) is 36.2 Å². The Morgan fingerprint density at radius 3 is 2.03 bits per heavy atom. The zero-order valence-electron chi connectivity index (χ0n) is 19.5. The molecule has 0 fully saturated rings. The lowest BCUT2D eigenvalue weighted by atomic mass is 9.83. The molecular formula is C30H24FN3O2. The van der Waals surface area contributed by atoms with E-state index >= 15 is 0 Å². The van der Waals surface area contributed by atoms with Crippen LogP contribution in [-0.4, -0.2) is 22.5 Å². The fraction of sp³-hybridized carbons (Fsp3) is 0.100. The van der Waals surface area contributed by atoms with Gasteiger partial charge in [-0.3, -0.25) is 14.5 Å². The minimum absolute atomic E-state index is 0.0459. The molecule has 1 aliphatic heterocycles. The number of benzene rings is 4. The number of carbonyl (C=O) groups excluding carboxylic acids is 2. The van der Waals surface area contributed by atoms with Gasteiger partial charge in [0.1, 0.15) is 5.82 Å². The van der Waals surface area contributed by atoms with Crippen LogP contribution in [0.3, 0.4) is 0 Å². The summed E-state index contributed by atoms with van der Waals surface area (Å²) < 4.78 is 14.0. The molecular weight excluding hydrogens is 453 g/mol. The lowest BCUT2D eigenvalue weighted by Gasteiger charge is -2.27. The highest BCUT2D eigenvalue weighted by Gasteiger charge is 2.50. The van der Waals surface area contributed by atoms with Crippen molar-refractivity contribution in [2.45, 2.75) is 18.5 Å². The van der Waals surface area contributed by atoms with Gasteiger partial charge in [-0.1, -0.05) is 97.1 Å². The number of guanidine groups is 1. The fourth-order valence-electron chi connectivity index (χ4n) is 4.62. The summed E-state index contributed by atoms with van der Waals surface area (Å²) in [5, 5.41) is 0. The molecule has 0 saturated carbocycles. The van der Waals surface area contributed by atoms with Gasteiger partial charge in [-0.25, -0.2) is 9.38 Å². The average molecular weight is 478 g/mol. The summed E-state index contributed by atoms with van der Waals surface area (Å²) in [6, 6.07) is 32.0. The Morgan fingerprint density at radius 1 is 0.806 bits per heavy atom. The monoisotopic (exact) mass is 477 g/mol. The average Bonchev–Trinajstić information content (AvgIpc) is 3.16. The number of nitrogens with two attached hydrogens (primary N) is 1. The van der Waals surface area contributed by atoms with E-state index < -0.39 is 11.4 Å². The van der Waals surface area contributed by atoms with E-state index in [4.69, 9.17) is 10.7 Å². The molecule has 2 N–H and O–H groups in total. The first-order chi connectivity index (χ1) is 17.5. The highest BCUT2D eigenvalue weighted by molar-refractivity contribution is 6.09. The quantitative estimate of drug-likeness (QED) is 0.387. The van der Waals surface area contributed by atoms with Crippen LogP contribution in [0.1, 0.15) is 32.6 Å². The van der Waals surface area contributed by atoms with Crippen molar-refractivity contribution in [3.05, 3.63) is 143 Å². The van der Waals surface area contributed by atoms with Gasteiger partial charge in [0.25, 0.3) is 5.91 Å². The number of nitrogens with zero attached hydrogens (tertiary/aromatic N) is 2. The van der Waals surface area contributed by atoms with Gasteiger partial charge in [0.05, 0.1) is 12.1 Å². The number of aliphatic imine (C=N–C) groups is 1. The standard InChI is InChI=1S/C30H24FN3O2/c31-26-17-8-7-16-25(26)27(35)19-21-10-9-11-22(18-21)20-34-28(36)30(33-29(34)32,23-12-3-1-4-13-23)24-14-5-2-6-15-24/h1-18H,19-20H2,(H2,32,33). The second kappa shape index (κ2) is 9.58. The van der Waals surface area contributed by atoms with Gasteiger partial charge in [0, 0.05) is 6.42 Å². The molecule has 0 aliphatic carbocycles. The number of rotatable bonds is 7. The normalized spacial score (nSPS) is 14.5. The van der Waals surface area contributed by atoms with Gasteiger partial charge in [-0.15, -0.1) is 0 Å². The molecule has 6 heteroatoms. The van der Waals surface area contributed by atoms with Gasteiger partial charge in [-0.05, 0) is 34.4 Å². The van der Waals surface area contributed by atoms with Crippen molar-refractivity contribution in [2.24, 2.45) is 10.7 Å². The number of carbonyl (C=O) groups is 2. The van der Waals surface area contributed by atoms with Gasteiger partial charge < -0.3 is 5.73 Å². The molecule has 0 atom stereocenters. The molecule has 178 valence electrons. The molecule has 5 rings (SSSR count). The highest BCUT2D eigenvalue weighted by atomic mass is 19.1. The Bertz CT molecular complexity index is 1410. The molecule has 1 amide bonds. The molecule has 5 nitrogen and oxygen atoms in total. The molecule has 0 aromatic heterocycles. The van der Waals surface area contributed by atoms with Crippen molar-refractivity contribution in [1.29, 1.82) is 0 Å². The topological polar surface area (TPSA) is 75.8 Å². The summed E-state index contributed by atoms with van der Waals surface area (Å²) in [5.74, 6) is -0.968. The minimum Gasteiger partial charge on any atom is -0.369 e. The van der Waals surface area contributed by atoms with Crippen LogP contribution in [0.5, 0.6) is 0 Å². The number of halogens is 1. The van der Waals surface area contributed by atoms with Crippen molar-refractivity contribution in [3.63, 3.8) is 0 Å². The van der Waals surface area contributed by atoms with Gasteiger partial charge in [0.2, 0.25) is 0 Å². The zero-order valence-corrected chi connectivity index (χ0v) is 19.5. The Morgan fingerprint density at radius 2 is 1.39 bits per heavy atom. The van der Waals surface area contributed by atoms with E-state index in [1.165, 1.54) is 17.0 Å². The first-order valence-corrected chi connectivity index (χ1v) is 11.6. The number of ketones is 1. The van der Waals surface area contributed by atoms with E-state index in [0.29, 0.717) is 0 Å². The van der Waals surface area contributed by atoms with Crippen molar-refractivity contribution in [1.82, 2.24) is 4.90 Å². The summed E-state index contributed by atoms with van der Waals surface area (Å²) >= 11 is 0. The van der Waals surface area contributed by atoms with Crippen LogP contribution in [0, 0.1) is 5.82 Å². The van der Waals surface area contributed by atoms with E-state index in [1.807, 2.05) is 84.9 Å². The third-order valence-corrected chi connectivity index (χ3v) is 6.37. The molecule has 0 radical (unpaired) electrons. The van der Waals surface area contributed by atoms with E-state index in [9.17, 15) is 14.0 Å².